The van der Waals surface area contributed by atoms with Gasteiger partial charge >= 0.3 is 0 Å². The second kappa shape index (κ2) is 6.86. The molecule has 0 N–H and O–H groups in total. The van der Waals surface area contributed by atoms with Gasteiger partial charge in [0.1, 0.15) is 0 Å². The summed E-state index contributed by atoms with van der Waals surface area (Å²) in [5.41, 5.74) is 0. The number of hydrogen-bond acceptors (Lipinski definition) is 4. The Hall–Kier alpha value is -0.160. The van der Waals surface area contributed by atoms with Gasteiger partial charge in [0, 0.05) is 69.0 Å². The van der Waals surface area contributed by atoms with Gasteiger partial charge in [-0.2, -0.15) is 0 Å². The van der Waals surface area contributed by atoms with Crippen LogP contribution in [0.3, 0.4) is 0 Å². The highest BCUT2D eigenvalue weighted by Crippen LogP contribution is 2.34. The van der Waals surface area contributed by atoms with Crippen molar-refractivity contribution in [2.45, 2.75) is 89.1 Å². The maximum absolute atomic E-state index is 2.90. The predicted molar refractivity (Wildman–Crippen MR) is 100 cm³/mol. The van der Waals surface area contributed by atoms with E-state index in [4.69, 9.17) is 0 Å². The van der Waals surface area contributed by atoms with Gasteiger partial charge < -0.3 is 4.90 Å². The zero-order valence-corrected chi connectivity index (χ0v) is 16.3. The summed E-state index contributed by atoms with van der Waals surface area (Å²) in [7, 11) is 2.31. The second-order valence-electron chi connectivity index (χ2n) is 9.33. The molecule has 0 aliphatic carbocycles. The molecule has 0 radical (unpaired) electrons. The summed E-state index contributed by atoms with van der Waals surface area (Å²) in [6, 6.07) is 4.82. The summed E-state index contributed by atoms with van der Waals surface area (Å²) < 4.78 is 0. The molecule has 0 spiro atoms. The highest BCUT2D eigenvalue weighted by molar-refractivity contribution is 5.01. The van der Waals surface area contributed by atoms with Crippen LogP contribution in [-0.4, -0.2) is 95.6 Å². The van der Waals surface area contributed by atoms with Crippen LogP contribution in [0.4, 0.5) is 0 Å². The van der Waals surface area contributed by atoms with Crippen molar-refractivity contribution >= 4 is 0 Å². The third-order valence-electron chi connectivity index (χ3n) is 7.57. The highest BCUT2D eigenvalue weighted by Gasteiger charge is 2.44. The minimum Gasteiger partial charge on any atom is -0.301 e. The summed E-state index contributed by atoms with van der Waals surface area (Å²) in [6.45, 7) is 13.7. The monoisotopic (exact) mass is 334 g/mol. The van der Waals surface area contributed by atoms with Crippen LogP contribution in [0, 0.1) is 0 Å². The molecule has 4 saturated heterocycles. The fourth-order valence-corrected chi connectivity index (χ4v) is 6.07. The summed E-state index contributed by atoms with van der Waals surface area (Å²) in [4.78, 5) is 11.0. The molecule has 4 heterocycles. The Morgan fingerprint density at radius 2 is 1.75 bits per heavy atom. The normalized spacial score (nSPS) is 40.4. The number of rotatable bonds is 4. The molecule has 4 nitrogen and oxygen atoms in total. The van der Waals surface area contributed by atoms with Gasteiger partial charge in [0.2, 0.25) is 0 Å². The first-order valence-corrected chi connectivity index (χ1v) is 10.5. The lowest BCUT2D eigenvalue weighted by atomic mass is 9.89. The van der Waals surface area contributed by atoms with E-state index in [9.17, 15) is 0 Å². The molecule has 5 atom stereocenters. The number of piperazine rings is 2. The van der Waals surface area contributed by atoms with E-state index in [1.54, 1.807) is 0 Å². The van der Waals surface area contributed by atoms with E-state index in [1.165, 1.54) is 64.8 Å². The molecule has 4 fully saturated rings. The van der Waals surface area contributed by atoms with Crippen LogP contribution in [0.2, 0.25) is 0 Å². The van der Waals surface area contributed by atoms with Crippen LogP contribution >= 0.6 is 0 Å². The zero-order valence-electron chi connectivity index (χ0n) is 16.3. The molecular formula is C20H38N4. The number of likely N-dealkylation sites (N-methyl/N-ethyl adjacent to an activating group) is 1. The molecule has 4 heteroatoms. The Morgan fingerprint density at radius 3 is 2.42 bits per heavy atom. The van der Waals surface area contributed by atoms with Gasteiger partial charge in [0.25, 0.3) is 0 Å². The summed E-state index contributed by atoms with van der Waals surface area (Å²) in [5, 5.41) is 0. The van der Waals surface area contributed by atoms with Crippen molar-refractivity contribution in [3.63, 3.8) is 0 Å². The highest BCUT2D eigenvalue weighted by atomic mass is 15.4. The van der Waals surface area contributed by atoms with Crippen molar-refractivity contribution < 1.29 is 0 Å². The molecule has 0 aromatic rings. The van der Waals surface area contributed by atoms with Gasteiger partial charge in [-0.15, -0.1) is 0 Å². The van der Waals surface area contributed by atoms with E-state index in [2.05, 4.69) is 47.4 Å². The first kappa shape index (κ1) is 17.3. The molecule has 4 rings (SSSR count). The molecule has 138 valence electrons. The average Bonchev–Trinajstić information content (AvgIpc) is 3.13. The number of fused-ring (bicyclic) bond motifs is 3. The smallest absolute Gasteiger partial charge is 0.0242 e. The summed E-state index contributed by atoms with van der Waals surface area (Å²) >= 11 is 0. The molecule has 4 aliphatic rings. The summed E-state index contributed by atoms with van der Waals surface area (Å²) in [6.07, 6.45) is 7.11. The van der Waals surface area contributed by atoms with E-state index < -0.39 is 0 Å². The largest absolute Gasteiger partial charge is 0.301 e. The van der Waals surface area contributed by atoms with Gasteiger partial charge in [-0.3, -0.25) is 14.7 Å². The van der Waals surface area contributed by atoms with Gasteiger partial charge in [0.05, 0.1) is 0 Å². The summed E-state index contributed by atoms with van der Waals surface area (Å²) in [5.74, 6) is 0. The fraction of sp³-hybridized carbons (Fsp3) is 1.00. The van der Waals surface area contributed by atoms with Gasteiger partial charge in [0.15, 0.2) is 0 Å². The molecule has 5 unspecified atom stereocenters. The van der Waals surface area contributed by atoms with Crippen LogP contribution in [0.25, 0.3) is 0 Å². The van der Waals surface area contributed by atoms with Crippen molar-refractivity contribution in [1.82, 2.24) is 19.6 Å². The van der Waals surface area contributed by atoms with E-state index >= 15 is 0 Å². The lowest BCUT2D eigenvalue weighted by molar-refractivity contribution is -0.0139. The lowest BCUT2D eigenvalue weighted by Crippen LogP contribution is -2.60. The van der Waals surface area contributed by atoms with Crippen molar-refractivity contribution in [2.24, 2.45) is 0 Å². The third-order valence-corrected chi connectivity index (χ3v) is 7.57. The van der Waals surface area contributed by atoms with E-state index in [-0.39, 0.29) is 0 Å². The number of likely N-dealkylation sites (tertiary alicyclic amines) is 2. The maximum atomic E-state index is 2.90. The lowest BCUT2D eigenvalue weighted by Gasteiger charge is -2.50. The quantitative estimate of drug-likeness (QED) is 0.780. The van der Waals surface area contributed by atoms with Crippen molar-refractivity contribution in [3.8, 4) is 0 Å². The van der Waals surface area contributed by atoms with Crippen LogP contribution in [0.1, 0.15) is 52.9 Å². The van der Waals surface area contributed by atoms with Crippen molar-refractivity contribution in [1.29, 1.82) is 0 Å². The van der Waals surface area contributed by atoms with Gasteiger partial charge in [-0.1, -0.05) is 6.42 Å². The molecule has 0 aromatic carbocycles. The maximum Gasteiger partial charge on any atom is 0.0242 e. The Labute approximate surface area is 149 Å². The van der Waals surface area contributed by atoms with Crippen molar-refractivity contribution in [3.05, 3.63) is 0 Å². The Bertz CT molecular complexity index is 437. The number of hydrogen-bond donors (Lipinski definition) is 0. The molecule has 4 aliphatic heterocycles. The Kier molecular flexibility index (Phi) is 4.94. The zero-order chi connectivity index (χ0) is 16.8. The fourth-order valence-electron chi connectivity index (χ4n) is 6.07. The van der Waals surface area contributed by atoms with Crippen LogP contribution in [0.15, 0.2) is 0 Å². The molecule has 24 heavy (non-hydrogen) atoms. The van der Waals surface area contributed by atoms with E-state index in [0.29, 0.717) is 6.04 Å². The van der Waals surface area contributed by atoms with Gasteiger partial charge in [-0.25, -0.2) is 0 Å². The van der Waals surface area contributed by atoms with Crippen LogP contribution in [0.5, 0.6) is 0 Å². The first-order chi connectivity index (χ1) is 11.5. The SMILES string of the molecule is CC(C)N1CCN2C(CC(C)N3CC4CC3CN4C)CCCC2C1. The minimum absolute atomic E-state index is 0.712. The molecule has 0 aromatic heterocycles. The van der Waals surface area contributed by atoms with Crippen LogP contribution < -0.4 is 0 Å². The van der Waals surface area contributed by atoms with E-state index in [1.807, 2.05) is 0 Å². The second-order valence-corrected chi connectivity index (χ2v) is 9.33. The first-order valence-electron chi connectivity index (χ1n) is 10.5. The number of nitrogens with zero attached hydrogens (tertiary/aromatic N) is 4. The van der Waals surface area contributed by atoms with Gasteiger partial charge in [-0.05, 0) is 53.5 Å². The minimum atomic E-state index is 0.712. The molecular weight excluding hydrogens is 296 g/mol. The predicted octanol–water partition coefficient (Wildman–Crippen LogP) is 2.10. The standard InChI is InChI=1S/C20H38N4/c1-15(2)22-8-9-23-17(6-5-7-18(23)13-22)10-16(3)24-14-19-11-20(24)12-21(19)4/h15-20H,5-14H2,1-4H3. The van der Waals surface area contributed by atoms with Crippen LogP contribution in [-0.2, 0) is 0 Å². The third kappa shape index (κ3) is 3.15. The Morgan fingerprint density at radius 1 is 0.917 bits per heavy atom. The molecule has 0 amide bonds. The van der Waals surface area contributed by atoms with E-state index in [0.717, 1.165) is 30.2 Å². The average molecular weight is 335 g/mol. The number of piperidine rings is 1. The topological polar surface area (TPSA) is 13.0 Å². The molecule has 0 saturated carbocycles. The van der Waals surface area contributed by atoms with Crippen molar-refractivity contribution in [2.75, 3.05) is 39.8 Å². The molecule has 2 bridgehead atoms. The Balaban J connectivity index is 1.35.